The van der Waals surface area contributed by atoms with Crippen molar-refractivity contribution in [2.45, 2.75) is 39.0 Å². The number of rotatable bonds is 8. The number of carbonyl (C=O) groups excluding carboxylic acids is 2. The number of aromatic nitrogens is 2. The summed E-state index contributed by atoms with van der Waals surface area (Å²) in [7, 11) is 1.72. The maximum atomic E-state index is 13.4. The van der Waals surface area contributed by atoms with Gasteiger partial charge in [-0.15, -0.1) is 0 Å². The van der Waals surface area contributed by atoms with E-state index in [-0.39, 0.29) is 29.6 Å². The van der Waals surface area contributed by atoms with E-state index in [0.717, 1.165) is 17.7 Å². The van der Waals surface area contributed by atoms with Gasteiger partial charge in [-0.05, 0) is 54.2 Å². The highest BCUT2D eigenvalue weighted by Gasteiger charge is 2.15. The van der Waals surface area contributed by atoms with Crippen LogP contribution < -0.4 is 5.32 Å². The third-order valence-electron chi connectivity index (χ3n) is 5.53. The molecule has 0 aliphatic rings. The molecule has 1 aromatic heterocycles. The zero-order valence-corrected chi connectivity index (χ0v) is 19.6. The second kappa shape index (κ2) is 10.4. The number of likely N-dealkylation sites (N-methyl/N-ethyl adjacent to an activating group) is 1. The molecule has 0 unspecified atom stereocenters. The minimum absolute atomic E-state index is 0.0188. The van der Waals surface area contributed by atoms with Gasteiger partial charge in [0.05, 0.1) is 12.2 Å². The molecule has 0 atom stereocenters. The topological polar surface area (TPSA) is 78.1 Å². The number of hydrogen-bond acceptors (Lipinski definition) is 3. The average Bonchev–Trinajstić information content (AvgIpc) is 3.25. The van der Waals surface area contributed by atoms with Gasteiger partial charge in [0.25, 0.3) is 5.91 Å². The predicted octanol–water partition coefficient (Wildman–Crippen LogP) is 4.33. The van der Waals surface area contributed by atoms with Crippen LogP contribution in [0.2, 0.25) is 0 Å². The fraction of sp³-hybridized carbons (Fsp3) is 0.346. The van der Waals surface area contributed by atoms with Crippen LogP contribution in [0.3, 0.4) is 0 Å². The van der Waals surface area contributed by atoms with Crippen molar-refractivity contribution >= 4 is 11.8 Å². The summed E-state index contributed by atoms with van der Waals surface area (Å²) in [5.41, 5.74) is 4.02. The van der Waals surface area contributed by atoms with E-state index in [1.165, 1.54) is 12.1 Å². The molecule has 0 aliphatic heterocycles. The van der Waals surface area contributed by atoms with Gasteiger partial charge in [0, 0.05) is 30.4 Å². The van der Waals surface area contributed by atoms with Crippen molar-refractivity contribution in [3.63, 3.8) is 0 Å². The summed E-state index contributed by atoms with van der Waals surface area (Å²) in [6.07, 6.45) is 1.43. The van der Waals surface area contributed by atoms with E-state index >= 15 is 0 Å². The molecule has 0 fully saturated rings. The van der Waals surface area contributed by atoms with Gasteiger partial charge in [0.15, 0.2) is 0 Å². The average molecular weight is 451 g/mol. The molecule has 6 nitrogen and oxygen atoms in total. The van der Waals surface area contributed by atoms with Gasteiger partial charge in [-0.25, -0.2) is 4.39 Å². The van der Waals surface area contributed by atoms with Crippen LogP contribution in [0.4, 0.5) is 4.39 Å². The zero-order chi connectivity index (χ0) is 24.0. The fourth-order valence-electron chi connectivity index (χ4n) is 3.43. The van der Waals surface area contributed by atoms with Crippen molar-refractivity contribution in [3.8, 4) is 11.3 Å². The molecule has 0 spiro atoms. The number of aryl methyl sites for hydroxylation is 1. The second-order valence-corrected chi connectivity index (χ2v) is 9.22. The molecule has 2 N–H and O–H groups in total. The molecule has 3 aromatic rings. The first kappa shape index (κ1) is 24.2. The lowest BCUT2D eigenvalue weighted by molar-refractivity contribution is -0.128. The highest BCUT2D eigenvalue weighted by molar-refractivity contribution is 5.96. The maximum Gasteiger partial charge on any atom is 0.251 e. The summed E-state index contributed by atoms with van der Waals surface area (Å²) < 4.78 is 13.4. The minimum atomic E-state index is -0.300. The van der Waals surface area contributed by atoms with Crippen molar-refractivity contribution in [1.29, 1.82) is 0 Å². The highest BCUT2D eigenvalue weighted by atomic mass is 19.1. The number of nitrogens with zero attached hydrogens (tertiary/aromatic N) is 2. The van der Waals surface area contributed by atoms with Gasteiger partial charge in [-0.3, -0.25) is 14.7 Å². The summed E-state index contributed by atoms with van der Waals surface area (Å²) in [6, 6.07) is 15.6. The van der Waals surface area contributed by atoms with Crippen LogP contribution in [-0.2, 0) is 16.6 Å². The van der Waals surface area contributed by atoms with Crippen LogP contribution in [-0.4, -0.2) is 47.0 Å². The Kier molecular flexibility index (Phi) is 7.63. The smallest absolute Gasteiger partial charge is 0.251 e. The van der Waals surface area contributed by atoms with Gasteiger partial charge in [0.2, 0.25) is 5.91 Å². The lowest BCUT2D eigenvalue weighted by Gasteiger charge is -2.19. The van der Waals surface area contributed by atoms with E-state index in [2.05, 4.69) is 36.3 Å². The van der Waals surface area contributed by atoms with E-state index < -0.39 is 0 Å². The number of benzene rings is 2. The SMILES string of the molecule is CN(CCCc1cc(-c2cccc(F)c2)n[nH]1)C(=O)CNC(=O)c1ccc(C(C)(C)C)cc1. The van der Waals surface area contributed by atoms with E-state index in [0.29, 0.717) is 29.8 Å². The number of aromatic amines is 1. The van der Waals surface area contributed by atoms with Crippen LogP contribution in [0.5, 0.6) is 0 Å². The predicted molar refractivity (Wildman–Crippen MR) is 127 cm³/mol. The summed E-state index contributed by atoms with van der Waals surface area (Å²) in [5.74, 6) is -0.717. The number of amides is 2. The molecule has 0 aliphatic carbocycles. The lowest BCUT2D eigenvalue weighted by Crippen LogP contribution is -2.38. The van der Waals surface area contributed by atoms with Crippen LogP contribution in [0.1, 0.15) is 48.8 Å². The van der Waals surface area contributed by atoms with Crippen molar-refractivity contribution in [2.75, 3.05) is 20.1 Å². The van der Waals surface area contributed by atoms with Gasteiger partial charge in [-0.1, -0.05) is 45.0 Å². The third-order valence-corrected chi connectivity index (χ3v) is 5.53. The van der Waals surface area contributed by atoms with E-state index in [1.54, 1.807) is 30.1 Å². The van der Waals surface area contributed by atoms with Crippen LogP contribution in [0.15, 0.2) is 54.6 Å². The quantitative estimate of drug-likeness (QED) is 0.536. The van der Waals surface area contributed by atoms with Crippen molar-refractivity contribution in [1.82, 2.24) is 20.4 Å². The monoisotopic (exact) mass is 450 g/mol. The molecule has 3 rings (SSSR count). The van der Waals surface area contributed by atoms with Crippen molar-refractivity contribution in [2.24, 2.45) is 0 Å². The van der Waals surface area contributed by atoms with Crippen molar-refractivity contribution < 1.29 is 14.0 Å². The summed E-state index contributed by atoms with van der Waals surface area (Å²) >= 11 is 0. The first-order valence-electron chi connectivity index (χ1n) is 11.1. The summed E-state index contributed by atoms with van der Waals surface area (Å²) in [4.78, 5) is 26.3. The molecule has 174 valence electrons. The van der Waals surface area contributed by atoms with Crippen LogP contribution >= 0.6 is 0 Å². The Morgan fingerprint density at radius 1 is 1.09 bits per heavy atom. The summed E-state index contributed by atoms with van der Waals surface area (Å²) in [6.45, 7) is 6.85. The zero-order valence-electron chi connectivity index (χ0n) is 19.6. The third kappa shape index (κ3) is 6.75. The normalized spacial score (nSPS) is 11.3. The number of nitrogens with one attached hydrogen (secondary N) is 2. The number of halogens is 1. The minimum Gasteiger partial charge on any atom is -0.344 e. The first-order valence-corrected chi connectivity index (χ1v) is 11.1. The Balaban J connectivity index is 1.42. The Morgan fingerprint density at radius 3 is 2.48 bits per heavy atom. The largest absolute Gasteiger partial charge is 0.344 e. The van der Waals surface area contributed by atoms with Crippen LogP contribution in [0, 0.1) is 5.82 Å². The fourth-order valence-corrected chi connectivity index (χ4v) is 3.43. The van der Waals surface area contributed by atoms with E-state index in [9.17, 15) is 14.0 Å². The molecule has 33 heavy (non-hydrogen) atoms. The Morgan fingerprint density at radius 2 is 1.82 bits per heavy atom. The van der Waals surface area contributed by atoms with E-state index in [4.69, 9.17) is 0 Å². The number of H-pyrrole nitrogens is 1. The molecule has 7 heteroatoms. The number of carbonyl (C=O) groups is 2. The van der Waals surface area contributed by atoms with Gasteiger partial charge in [-0.2, -0.15) is 5.10 Å². The Labute approximate surface area is 194 Å². The molecule has 0 bridgehead atoms. The molecular weight excluding hydrogens is 419 g/mol. The van der Waals surface area contributed by atoms with Crippen LogP contribution in [0.25, 0.3) is 11.3 Å². The highest BCUT2D eigenvalue weighted by Crippen LogP contribution is 2.22. The van der Waals surface area contributed by atoms with Crippen molar-refractivity contribution in [3.05, 3.63) is 77.2 Å². The molecule has 1 heterocycles. The molecular formula is C26H31FN4O2. The number of hydrogen-bond donors (Lipinski definition) is 2. The summed E-state index contributed by atoms with van der Waals surface area (Å²) in [5, 5.41) is 9.90. The molecule has 2 aromatic carbocycles. The van der Waals surface area contributed by atoms with E-state index in [1.807, 2.05) is 24.3 Å². The standard InChI is InChI=1S/C26H31FN4O2/c1-26(2,3)20-12-10-18(11-13-20)25(33)28-17-24(32)31(4)14-6-9-22-16-23(30-29-22)19-7-5-8-21(27)15-19/h5,7-8,10-13,15-16H,6,9,14,17H2,1-4H3,(H,28,33)(H,29,30). The molecule has 0 saturated heterocycles. The van der Waals surface area contributed by atoms with Gasteiger partial charge < -0.3 is 10.2 Å². The lowest BCUT2D eigenvalue weighted by atomic mass is 9.87. The second-order valence-electron chi connectivity index (χ2n) is 9.22. The first-order chi connectivity index (χ1) is 15.6. The Bertz CT molecular complexity index is 1100. The molecule has 0 saturated carbocycles. The van der Waals surface area contributed by atoms with Gasteiger partial charge in [0.1, 0.15) is 5.82 Å². The molecule has 2 amide bonds. The maximum absolute atomic E-state index is 13.4. The van der Waals surface area contributed by atoms with Gasteiger partial charge >= 0.3 is 0 Å². The molecule has 0 radical (unpaired) electrons. The Hall–Kier alpha value is -3.48.